The molecule has 1 heterocycles. The van der Waals surface area contributed by atoms with E-state index in [2.05, 4.69) is 9.13 Å². The summed E-state index contributed by atoms with van der Waals surface area (Å²) in [6.07, 6.45) is 1.06. The SMILES string of the molecule is COC(=O)c1cc([N+](=O)[O-])c(-c2ccsc2)c(S(=O)(=O)/N=C/N(C)C)c1. The van der Waals surface area contributed by atoms with Gasteiger partial charge in [-0.15, -0.1) is 4.40 Å². The van der Waals surface area contributed by atoms with Gasteiger partial charge in [-0.3, -0.25) is 10.1 Å². The van der Waals surface area contributed by atoms with Gasteiger partial charge in [-0.1, -0.05) is 0 Å². The van der Waals surface area contributed by atoms with Crippen molar-refractivity contribution < 1.29 is 22.9 Å². The van der Waals surface area contributed by atoms with Gasteiger partial charge in [0.2, 0.25) is 0 Å². The lowest BCUT2D eigenvalue weighted by molar-refractivity contribution is -0.384. The summed E-state index contributed by atoms with van der Waals surface area (Å²) in [6, 6.07) is 3.58. The summed E-state index contributed by atoms with van der Waals surface area (Å²) in [6.45, 7) is 0. The number of nitro benzene ring substituents is 1. The van der Waals surface area contributed by atoms with Crippen molar-refractivity contribution in [3.8, 4) is 11.1 Å². The van der Waals surface area contributed by atoms with Gasteiger partial charge in [-0.05, 0) is 22.9 Å². The highest BCUT2D eigenvalue weighted by atomic mass is 32.2. The number of carbonyl (C=O) groups is 1. The van der Waals surface area contributed by atoms with Gasteiger partial charge in [0, 0.05) is 25.7 Å². The topological polar surface area (TPSA) is 119 Å². The number of rotatable bonds is 6. The number of hydrogen-bond donors (Lipinski definition) is 0. The second-order valence-electron chi connectivity index (χ2n) is 5.29. The van der Waals surface area contributed by atoms with Crippen molar-refractivity contribution in [2.75, 3.05) is 21.2 Å². The van der Waals surface area contributed by atoms with E-state index in [0.717, 1.165) is 25.6 Å². The lowest BCUT2D eigenvalue weighted by Crippen LogP contribution is -2.12. The number of hydrogen-bond acceptors (Lipinski definition) is 7. The molecule has 9 nitrogen and oxygen atoms in total. The molecule has 0 aliphatic rings. The monoisotopic (exact) mass is 397 g/mol. The maximum Gasteiger partial charge on any atom is 0.338 e. The van der Waals surface area contributed by atoms with Crippen LogP contribution in [0.25, 0.3) is 11.1 Å². The maximum atomic E-state index is 12.7. The van der Waals surface area contributed by atoms with Crippen LogP contribution in [0.15, 0.2) is 38.3 Å². The molecule has 0 spiro atoms. The Kier molecular flexibility index (Phi) is 5.73. The smallest absolute Gasteiger partial charge is 0.338 e. The van der Waals surface area contributed by atoms with Crippen LogP contribution in [0.2, 0.25) is 0 Å². The largest absolute Gasteiger partial charge is 0.465 e. The second kappa shape index (κ2) is 7.62. The first-order valence-electron chi connectivity index (χ1n) is 7.07. The second-order valence-corrected chi connectivity index (χ2v) is 7.67. The van der Waals surface area contributed by atoms with E-state index in [0.29, 0.717) is 5.56 Å². The summed E-state index contributed by atoms with van der Waals surface area (Å²) < 4.78 is 33.5. The molecule has 1 aromatic carbocycles. The number of carbonyl (C=O) groups excluding carboxylic acids is 1. The lowest BCUT2D eigenvalue weighted by atomic mass is 10.0. The van der Waals surface area contributed by atoms with E-state index in [1.165, 1.54) is 16.2 Å². The van der Waals surface area contributed by atoms with Gasteiger partial charge in [-0.2, -0.15) is 19.8 Å². The molecule has 1 aromatic heterocycles. The number of esters is 1. The third-order valence-electron chi connectivity index (χ3n) is 3.20. The molecule has 0 aliphatic heterocycles. The third kappa shape index (κ3) is 4.06. The van der Waals surface area contributed by atoms with Gasteiger partial charge in [0.05, 0.1) is 23.2 Å². The molecule has 0 aliphatic carbocycles. The normalized spacial score (nSPS) is 11.5. The van der Waals surface area contributed by atoms with Crippen LogP contribution in [0.5, 0.6) is 0 Å². The molecular formula is C15H15N3O6S2. The fraction of sp³-hybridized carbons (Fsp3) is 0.200. The summed E-state index contributed by atoms with van der Waals surface area (Å²) in [7, 11) is -0.0645. The van der Waals surface area contributed by atoms with E-state index >= 15 is 0 Å². The highest BCUT2D eigenvalue weighted by Gasteiger charge is 2.30. The van der Waals surface area contributed by atoms with Gasteiger partial charge in [0.25, 0.3) is 15.7 Å². The molecule has 0 N–H and O–H groups in total. The fourth-order valence-electron chi connectivity index (χ4n) is 2.09. The maximum absolute atomic E-state index is 12.7. The molecular weight excluding hydrogens is 382 g/mol. The van der Waals surface area contributed by atoms with Crippen LogP contribution in [0, 0.1) is 10.1 Å². The Morgan fingerprint density at radius 3 is 2.58 bits per heavy atom. The molecule has 11 heteroatoms. The molecule has 0 amide bonds. The number of sulfonamides is 1. The Balaban J connectivity index is 2.88. The van der Waals surface area contributed by atoms with E-state index in [-0.39, 0.29) is 11.1 Å². The van der Waals surface area contributed by atoms with Crippen LogP contribution in [0.3, 0.4) is 0 Å². The average molecular weight is 397 g/mol. The standard InChI is InChI=1S/C15H15N3O6S2/c1-17(2)9-16-26(22,23)13-7-11(15(19)24-3)6-12(18(20)21)14(13)10-4-5-25-8-10/h4-9H,1-3H3/b16-9+. The van der Waals surface area contributed by atoms with E-state index in [1.54, 1.807) is 30.9 Å². The van der Waals surface area contributed by atoms with E-state index in [4.69, 9.17) is 0 Å². The highest BCUT2D eigenvalue weighted by Crippen LogP contribution is 2.39. The van der Waals surface area contributed by atoms with Crippen molar-refractivity contribution in [1.29, 1.82) is 0 Å². The molecule has 0 atom stereocenters. The summed E-state index contributed by atoms with van der Waals surface area (Å²) in [4.78, 5) is 23.6. The molecule has 2 aromatic rings. The first kappa shape index (κ1) is 19.5. The minimum atomic E-state index is -4.31. The van der Waals surface area contributed by atoms with E-state index in [9.17, 15) is 23.3 Å². The Bertz CT molecular complexity index is 966. The van der Waals surface area contributed by atoms with Gasteiger partial charge < -0.3 is 9.64 Å². The summed E-state index contributed by atoms with van der Waals surface area (Å²) >= 11 is 1.25. The molecule has 0 radical (unpaired) electrons. The third-order valence-corrected chi connectivity index (χ3v) is 5.14. The molecule has 138 valence electrons. The van der Waals surface area contributed by atoms with Crippen LogP contribution in [0.4, 0.5) is 5.69 Å². The zero-order valence-corrected chi connectivity index (χ0v) is 15.7. The van der Waals surface area contributed by atoms with Crippen molar-refractivity contribution >= 4 is 39.4 Å². The molecule has 0 fully saturated rings. The summed E-state index contributed by atoms with van der Waals surface area (Å²) in [5, 5.41) is 14.8. The van der Waals surface area contributed by atoms with E-state index in [1.807, 2.05) is 0 Å². The first-order valence-corrected chi connectivity index (χ1v) is 9.46. The number of nitrogens with zero attached hydrogens (tertiary/aromatic N) is 3. The van der Waals surface area contributed by atoms with Crippen molar-refractivity contribution in [3.63, 3.8) is 0 Å². The van der Waals surface area contributed by atoms with Gasteiger partial charge in [0.15, 0.2) is 0 Å². The zero-order valence-electron chi connectivity index (χ0n) is 14.1. The predicted molar refractivity (Wildman–Crippen MR) is 97.1 cm³/mol. The van der Waals surface area contributed by atoms with Crippen LogP contribution in [0.1, 0.15) is 10.4 Å². The Morgan fingerprint density at radius 1 is 1.38 bits per heavy atom. The van der Waals surface area contributed by atoms with Crippen LogP contribution in [-0.4, -0.2) is 51.8 Å². The summed E-state index contributed by atoms with van der Waals surface area (Å²) in [5.41, 5.74) is -0.557. The van der Waals surface area contributed by atoms with Crippen LogP contribution >= 0.6 is 11.3 Å². The van der Waals surface area contributed by atoms with Crippen molar-refractivity contribution in [2.45, 2.75) is 4.90 Å². The predicted octanol–water partition coefficient (Wildman–Crippen LogP) is 2.39. The van der Waals surface area contributed by atoms with Crippen molar-refractivity contribution in [3.05, 3.63) is 44.6 Å². The first-order chi connectivity index (χ1) is 12.2. The van der Waals surface area contributed by atoms with Gasteiger partial charge in [0.1, 0.15) is 11.2 Å². The van der Waals surface area contributed by atoms with Gasteiger partial charge >= 0.3 is 5.97 Å². The Morgan fingerprint density at radius 2 is 2.08 bits per heavy atom. The molecule has 2 rings (SSSR count). The molecule has 0 unspecified atom stereocenters. The quantitative estimate of drug-likeness (QED) is 0.241. The number of thiophene rings is 1. The zero-order chi connectivity index (χ0) is 19.5. The molecule has 0 bridgehead atoms. The Labute approximate surface area is 153 Å². The highest BCUT2D eigenvalue weighted by molar-refractivity contribution is 7.90. The van der Waals surface area contributed by atoms with Crippen LogP contribution in [-0.2, 0) is 14.8 Å². The number of nitro groups is 1. The van der Waals surface area contributed by atoms with Crippen molar-refractivity contribution in [2.24, 2.45) is 4.40 Å². The van der Waals surface area contributed by atoms with E-state index < -0.39 is 31.5 Å². The minimum Gasteiger partial charge on any atom is -0.465 e. The van der Waals surface area contributed by atoms with Gasteiger partial charge in [-0.25, -0.2) is 4.79 Å². The lowest BCUT2D eigenvalue weighted by Gasteiger charge is -2.10. The molecule has 26 heavy (non-hydrogen) atoms. The fourth-order valence-corrected chi connectivity index (χ4v) is 3.92. The molecule has 0 saturated carbocycles. The average Bonchev–Trinajstić information content (AvgIpc) is 3.12. The van der Waals surface area contributed by atoms with Crippen LogP contribution < -0.4 is 0 Å². The molecule has 0 saturated heterocycles. The van der Waals surface area contributed by atoms with Crippen molar-refractivity contribution in [1.82, 2.24) is 4.90 Å². The number of ether oxygens (including phenoxy) is 1. The number of methoxy groups -OCH3 is 1. The minimum absolute atomic E-state index is 0.125. The summed E-state index contributed by atoms with van der Waals surface area (Å²) in [5.74, 6) is -0.891. The number of benzene rings is 1. The Hall–Kier alpha value is -2.79.